The van der Waals surface area contributed by atoms with Crippen LogP contribution in [0.4, 0.5) is 8.78 Å². The highest BCUT2D eigenvalue weighted by atomic mass is 35.5. The predicted octanol–water partition coefficient (Wildman–Crippen LogP) is 3.05. The zero-order valence-electron chi connectivity index (χ0n) is 10.8. The van der Waals surface area contributed by atoms with Gasteiger partial charge in [0.25, 0.3) is 0 Å². The van der Waals surface area contributed by atoms with Crippen LogP contribution in [0.5, 0.6) is 0 Å². The number of hydrogen-bond acceptors (Lipinski definition) is 3. The average molecular weight is 333 g/mol. The predicted molar refractivity (Wildman–Crippen MR) is 74.3 cm³/mol. The fourth-order valence-corrected chi connectivity index (χ4v) is 3.24. The Balaban J connectivity index is 2.30. The normalized spacial score (nSPS) is 13.1. The molecule has 0 amide bonds. The summed E-state index contributed by atoms with van der Waals surface area (Å²) < 4.78 is 53.3. The molecule has 0 spiro atoms. The first-order valence-electron chi connectivity index (χ1n) is 5.88. The summed E-state index contributed by atoms with van der Waals surface area (Å²) in [4.78, 5) is 3.57. The standard InChI is InChI=1S/C13H11ClF2N2O2S/c1-8(11-6-9(15)2-3-12(11)16)18-21(19,20)10-4-5-17-13(14)7-10/h2-8,18H,1H3. The van der Waals surface area contributed by atoms with Crippen LogP contribution in [-0.2, 0) is 10.0 Å². The van der Waals surface area contributed by atoms with E-state index in [4.69, 9.17) is 11.6 Å². The second kappa shape index (κ2) is 6.05. The summed E-state index contributed by atoms with van der Waals surface area (Å²) in [5.74, 6) is -1.34. The number of nitrogens with one attached hydrogen (secondary N) is 1. The number of nitrogens with zero attached hydrogens (tertiary/aromatic N) is 1. The van der Waals surface area contributed by atoms with Gasteiger partial charge in [-0.05, 0) is 37.3 Å². The molecule has 1 unspecified atom stereocenters. The van der Waals surface area contributed by atoms with Crippen molar-refractivity contribution in [3.8, 4) is 0 Å². The summed E-state index contributed by atoms with van der Waals surface area (Å²) in [7, 11) is -3.92. The van der Waals surface area contributed by atoms with Gasteiger partial charge in [-0.15, -0.1) is 0 Å². The molecule has 2 aromatic rings. The molecule has 1 heterocycles. The van der Waals surface area contributed by atoms with Crippen LogP contribution in [-0.4, -0.2) is 13.4 Å². The third-order valence-corrected chi connectivity index (χ3v) is 4.51. The minimum absolute atomic E-state index is 0.0162. The van der Waals surface area contributed by atoms with Gasteiger partial charge in [0, 0.05) is 17.8 Å². The van der Waals surface area contributed by atoms with Crippen molar-refractivity contribution in [2.24, 2.45) is 0 Å². The number of pyridine rings is 1. The van der Waals surface area contributed by atoms with Gasteiger partial charge in [-0.25, -0.2) is 26.9 Å². The van der Waals surface area contributed by atoms with Crippen molar-refractivity contribution in [2.45, 2.75) is 17.9 Å². The Morgan fingerprint density at radius 2 is 1.95 bits per heavy atom. The molecule has 1 N–H and O–H groups in total. The van der Waals surface area contributed by atoms with Crippen molar-refractivity contribution in [1.82, 2.24) is 9.71 Å². The molecule has 21 heavy (non-hydrogen) atoms. The highest BCUT2D eigenvalue weighted by molar-refractivity contribution is 7.89. The fraction of sp³-hybridized carbons (Fsp3) is 0.154. The van der Waals surface area contributed by atoms with Gasteiger partial charge in [0.2, 0.25) is 10.0 Å². The average Bonchev–Trinajstić information content (AvgIpc) is 2.41. The van der Waals surface area contributed by atoms with E-state index in [0.717, 1.165) is 18.2 Å². The van der Waals surface area contributed by atoms with Gasteiger partial charge < -0.3 is 0 Å². The van der Waals surface area contributed by atoms with Crippen LogP contribution in [0.3, 0.4) is 0 Å². The van der Waals surface area contributed by atoms with Gasteiger partial charge >= 0.3 is 0 Å². The molecule has 0 radical (unpaired) electrons. The maximum absolute atomic E-state index is 13.6. The topological polar surface area (TPSA) is 59.1 Å². The molecule has 0 saturated carbocycles. The van der Waals surface area contributed by atoms with Gasteiger partial charge in [-0.1, -0.05) is 11.6 Å². The number of rotatable bonds is 4. The van der Waals surface area contributed by atoms with E-state index in [9.17, 15) is 17.2 Å². The second-order valence-corrected chi connectivity index (χ2v) is 6.42. The van der Waals surface area contributed by atoms with E-state index in [-0.39, 0.29) is 15.6 Å². The first-order chi connectivity index (χ1) is 9.79. The lowest BCUT2D eigenvalue weighted by Crippen LogP contribution is -2.27. The van der Waals surface area contributed by atoms with E-state index in [0.29, 0.717) is 0 Å². The Morgan fingerprint density at radius 1 is 1.24 bits per heavy atom. The van der Waals surface area contributed by atoms with Gasteiger partial charge in [0.05, 0.1) is 4.90 Å². The van der Waals surface area contributed by atoms with E-state index in [1.807, 2.05) is 0 Å². The largest absolute Gasteiger partial charge is 0.244 e. The molecule has 0 fully saturated rings. The number of hydrogen-bond donors (Lipinski definition) is 1. The summed E-state index contributed by atoms with van der Waals surface area (Å²) in [5.41, 5.74) is -0.0845. The molecule has 8 heteroatoms. The lowest BCUT2D eigenvalue weighted by molar-refractivity contribution is 0.541. The molecule has 1 aromatic carbocycles. The molecule has 0 aliphatic carbocycles. The van der Waals surface area contributed by atoms with Crippen LogP contribution in [0.15, 0.2) is 41.4 Å². The van der Waals surface area contributed by atoms with E-state index < -0.39 is 27.7 Å². The SMILES string of the molecule is CC(NS(=O)(=O)c1ccnc(Cl)c1)c1cc(F)ccc1F. The fourth-order valence-electron chi connectivity index (χ4n) is 1.76. The minimum Gasteiger partial charge on any atom is -0.244 e. The maximum Gasteiger partial charge on any atom is 0.241 e. The smallest absolute Gasteiger partial charge is 0.241 e. The monoisotopic (exact) mass is 332 g/mol. The van der Waals surface area contributed by atoms with Crippen molar-refractivity contribution in [1.29, 1.82) is 0 Å². The van der Waals surface area contributed by atoms with Crippen LogP contribution in [0.2, 0.25) is 5.15 Å². The van der Waals surface area contributed by atoms with Crippen molar-refractivity contribution in [3.05, 3.63) is 58.9 Å². The number of halogens is 3. The van der Waals surface area contributed by atoms with Crippen molar-refractivity contribution >= 4 is 21.6 Å². The molecule has 112 valence electrons. The van der Waals surface area contributed by atoms with Crippen molar-refractivity contribution in [2.75, 3.05) is 0 Å². The summed E-state index contributed by atoms with van der Waals surface area (Å²) in [6, 6.07) is 4.32. The molecule has 4 nitrogen and oxygen atoms in total. The van der Waals surface area contributed by atoms with Gasteiger partial charge in [-0.2, -0.15) is 0 Å². The van der Waals surface area contributed by atoms with Gasteiger partial charge in [0.1, 0.15) is 16.8 Å². The first kappa shape index (κ1) is 15.8. The lowest BCUT2D eigenvalue weighted by Gasteiger charge is -2.15. The quantitative estimate of drug-likeness (QED) is 0.875. The summed E-state index contributed by atoms with van der Waals surface area (Å²) in [5, 5.41) is 0.0162. The summed E-state index contributed by atoms with van der Waals surface area (Å²) in [6.07, 6.45) is 1.24. The Labute approximate surface area is 125 Å². The molecular formula is C13H11ClF2N2O2S. The number of sulfonamides is 1. The maximum atomic E-state index is 13.6. The van der Waals surface area contributed by atoms with Crippen LogP contribution >= 0.6 is 11.6 Å². The third kappa shape index (κ3) is 3.75. The lowest BCUT2D eigenvalue weighted by atomic mass is 10.1. The van der Waals surface area contributed by atoms with Crippen LogP contribution in [0, 0.1) is 11.6 Å². The Bertz CT molecular complexity index is 769. The Kier molecular flexibility index (Phi) is 4.55. The third-order valence-electron chi connectivity index (χ3n) is 2.76. The van der Waals surface area contributed by atoms with Crippen LogP contribution in [0.25, 0.3) is 0 Å². The number of aromatic nitrogens is 1. The Morgan fingerprint density at radius 3 is 2.62 bits per heavy atom. The van der Waals surface area contributed by atoms with Crippen molar-refractivity contribution < 1.29 is 17.2 Å². The van der Waals surface area contributed by atoms with Gasteiger partial charge in [0.15, 0.2) is 0 Å². The molecular weight excluding hydrogens is 322 g/mol. The van der Waals surface area contributed by atoms with E-state index in [1.54, 1.807) is 0 Å². The zero-order chi connectivity index (χ0) is 15.6. The molecule has 1 aromatic heterocycles. The summed E-state index contributed by atoms with van der Waals surface area (Å²) >= 11 is 5.64. The van der Waals surface area contributed by atoms with Gasteiger partial charge in [-0.3, -0.25) is 0 Å². The van der Waals surface area contributed by atoms with Crippen molar-refractivity contribution in [3.63, 3.8) is 0 Å². The van der Waals surface area contributed by atoms with E-state index in [1.165, 1.54) is 25.3 Å². The van der Waals surface area contributed by atoms with E-state index >= 15 is 0 Å². The second-order valence-electron chi connectivity index (χ2n) is 4.32. The molecule has 0 aliphatic rings. The zero-order valence-corrected chi connectivity index (χ0v) is 12.4. The minimum atomic E-state index is -3.92. The van der Waals surface area contributed by atoms with Crippen LogP contribution < -0.4 is 4.72 Å². The first-order valence-corrected chi connectivity index (χ1v) is 7.74. The molecule has 1 atom stereocenters. The van der Waals surface area contributed by atoms with E-state index in [2.05, 4.69) is 9.71 Å². The van der Waals surface area contributed by atoms with Crippen LogP contribution in [0.1, 0.15) is 18.5 Å². The molecule has 2 rings (SSSR count). The molecule has 0 saturated heterocycles. The number of benzene rings is 1. The highest BCUT2D eigenvalue weighted by Crippen LogP contribution is 2.21. The molecule has 0 aliphatic heterocycles. The highest BCUT2D eigenvalue weighted by Gasteiger charge is 2.21. The molecule has 0 bridgehead atoms. The Hall–Kier alpha value is -1.57. The summed E-state index contributed by atoms with van der Waals surface area (Å²) in [6.45, 7) is 1.41.